The molecule has 35 heavy (non-hydrogen) atoms. The lowest BCUT2D eigenvalue weighted by molar-refractivity contribution is -0.136. The summed E-state index contributed by atoms with van der Waals surface area (Å²) >= 11 is 0. The van der Waals surface area contributed by atoms with E-state index in [4.69, 9.17) is 4.74 Å². The number of carbonyl (C=O) groups excluding carboxylic acids is 2. The number of piperidine rings is 1. The standard InChI is InChI=1S/C28H34N4O3/c1-30(28(34)21-32-16-8-15-29-32)25(19-22-9-4-3-5-10-22)23-13-17-31(18-14-23)27(33)20-24-11-6-7-12-26(24)35-2/h3-12,15-16,23,25H,13-14,17-21H2,1-2H3/t25-/m1/s1. The first-order valence-corrected chi connectivity index (χ1v) is 12.2. The third-order valence-corrected chi connectivity index (χ3v) is 7.01. The van der Waals surface area contributed by atoms with Crippen molar-refractivity contribution in [1.82, 2.24) is 19.6 Å². The molecule has 0 radical (unpaired) electrons. The largest absolute Gasteiger partial charge is 0.496 e. The number of hydrogen-bond acceptors (Lipinski definition) is 4. The third-order valence-electron chi connectivity index (χ3n) is 7.01. The van der Waals surface area contributed by atoms with Gasteiger partial charge in [0.25, 0.3) is 0 Å². The van der Waals surface area contributed by atoms with Crippen LogP contribution in [0.4, 0.5) is 0 Å². The summed E-state index contributed by atoms with van der Waals surface area (Å²) in [5.41, 5.74) is 2.12. The number of hydrogen-bond donors (Lipinski definition) is 0. The van der Waals surface area contributed by atoms with Crippen molar-refractivity contribution in [3.63, 3.8) is 0 Å². The predicted molar refractivity (Wildman–Crippen MR) is 135 cm³/mol. The maximum absolute atomic E-state index is 13.1. The Morgan fingerprint density at radius 3 is 2.46 bits per heavy atom. The lowest BCUT2D eigenvalue weighted by Crippen LogP contribution is -2.49. The summed E-state index contributed by atoms with van der Waals surface area (Å²) in [4.78, 5) is 30.0. The minimum atomic E-state index is 0.0457. The molecule has 0 N–H and O–H groups in total. The number of aromatic nitrogens is 2. The quantitative estimate of drug-likeness (QED) is 0.477. The van der Waals surface area contributed by atoms with Crippen molar-refractivity contribution in [3.8, 4) is 5.75 Å². The maximum Gasteiger partial charge on any atom is 0.244 e. The highest BCUT2D eigenvalue weighted by molar-refractivity contribution is 5.79. The molecule has 1 fully saturated rings. The molecule has 1 aromatic heterocycles. The Bertz CT molecular complexity index is 1090. The second-order valence-electron chi connectivity index (χ2n) is 9.17. The molecule has 1 aliphatic rings. The van der Waals surface area contributed by atoms with Gasteiger partial charge in [-0.1, -0.05) is 48.5 Å². The van der Waals surface area contributed by atoms with Gasteiger partial charge >= 0.3 is 0 Å². The highest BCUT2D eigenvalue weighted by Crippen LogP contribution is 2.28. The van der Waals surface area contributed by atoms with E-state index in [2.05, 4.69) is 17.2 Å². The summed E-state index contributed by atoms with van der Waals surface area (Å²) in [5.74, 6) is 1.23. The molecule has 7 heteroatoms. The van der Waals surface area contributed by atoms with Crippen molar-refractivity contribution in [3.05, 3.63) is 84.2 Å². The van der Waals surface area contributed by atoms with Gasteiger partial charge < -0.3 is 14.5 Å². The first kappa shape index (κ1) is 24.5. The van der Waals surface area contributed by atoms with Gasteiger partial charge in [-0.15, -0.1) is 0 Å². The molecule has 3 aromatic rings. The molecule has 0 spiro atoms. The summed E-state index contributed by atoms with van der Waals surface area (Å²) in [6.07, 6.45) is 6.37. The molecule has 4 rings (SSSR count). The number of ether oxygens (including phenoxy) is 1. The van der Waals surface area contributed by atoms with Gasteiger partial charge in [0.1, 0.15) is 12.3 Å². The molecule has 2 amide bonds. The van der Waals surface area contributed by atoms with Crippen LogP contribution in [0.1, 0.15) is 24.0 Å². The number of carbonyl (C=O) groups is 2. The van der Waals surface area contributed by atoms with Crippen LogP contribution in [0.15, 0.2) is 73.1 Å². The smallest absolute Gasteiger partial charge is 0.244 e. The summed E-state index contributed by atoms with van der Waals surface area (Å²) < 4.78 is 7.07. The number of benzene rings is 2. The molecule has 0 bridgehead atoms. The van der Waals surface area contributed by atoms with E-state index in [1.807, 2.05) is 71.6 Å². The Hall–Kier alpha value is -3.61. The Morgan fingerprint density at radius 2 is 1.77 bits per heavy atom. The number of methoxy groups -OCH3 is 1. The van der Waals surface area contributed by atoms with Crippen LogP contribution in [-0.2, 0) is 29.0 Å². The summed E-state index contributed by atoms with van der Waals surface area (Å²) in [5, 5.41) is 4.19. The molecular weight excluding hydrogens is 440 g/mol. The van der Waals surface area contributed by atoms with E-state index < -0.39 is 0 Å². The van der Waals surface area contributed by atoms with E-state index in [1.165, 1.54) is 5.56 Å². The van der Waals surface area contributed by atoms with Gasteiger partial charge in [-0.2, -0.15) is 5.10 Å². The van der Waals surface area contributed by atoms with Crippen molar-refractivity contribution < 1.29 is 14.3 Å². The van der Waals surface area contributed by atoms with Crippen LogP contribution in [0.3, 0.4) is 0 Å². The van der Waals surface area contributed by atoms with E-state index in [-0.39, 0.29) is 24.4 Å². The summed E-state index contributed by atoms with van der Waals surface area (Å²) in [7, 11) is 3.53. The van der Waals surface area contributed by atoms with Crippen molar-refractivity contribution in [2.75, 3.05) is 27.2 Å². The minimum Gasteiger partial charge on any atom is -0.496 e. The molecular formula is C28H34N4O3. The van der Waals surface area contributed by atoms with Crippen LogP contribution in [0, 0.1) is 5.92 Å². The van der Waals surface area contributed by atoms with Gasteiger partial charge in [0.15, 0.2) is 0 Å². The average Bonchev–Trinajstić information content (AvgIpc) is 3.41. The van der Waals surface area contributed by atoms with E-state index >= 15 is 0 Å². The van der Waals surface area contributed by atoms with Crippen LogP contribution in [0.25, 0.3) is 0 Å². The fourth-order valence-corrected chi connectivity index (χ4v) is 4.96. The molecule has 0 aliphatic carbocycles. The number of rotatable bonds is 9. The van der Waals surface area contributed by atoms with Gasteiger partial charge in [0.05, 0.1) is 13.5 Å². The van der Waals surface area contributed by atoms with Crippen molar-refractivity contribution >= 4 is 11.8 Å². The highest BCUT2D eigenvalue weighted by atomic mass is 16.5. The van der Waals surface area contributed by atoms with E-state index in [0.29, 0.717) is 25.4 Å². The van der Waals surface area contributed by atoms with Crippen molar-refractivity contribution in [2.24, 2.45) is 5.92 Å². The minimum absolute atomic E-state index is 0.0457. The van der Waals surface area contributed by atoms with Crippen LogP contribution < -0.4 is 4.74 Å². The molecule has 1 atom stereocenters. The average molecular weight is 475 g/mol. The van der Waals surface area contributed by atoms with Crippen molar-refractivity contribution in [1.29, 1.82) is 0 Å². The fourth-order valence-electron chi connectivity index (χ4n) is 4.96. The van der Waals surface area contributed by atoms with Crippen LogP contribution in [0.5, 0.6) is 5.75 Å². The zero-order valence-corrected chi connectivity index (χ0v) is 20.5. The fraction of sp³-hybridized carbons (Fsp3) is 0.393. The normalized spacial score (nSPS) is 15.0. The Labute approximate surface area is 207 Å². The second kappa shape index (κ2) is 11.7. The van der Waals surface area contributed by atoms with Crippen molar-refractivity contribution in [2.45, 2.75) is 38.3 Å². The predicted octanol–water partition coefficient (Wildman–Crippen LogP) is 3.44. The number of amides is 2. The first-order valence-electron chi connectivity index (χ1n) is 12.2. The molecule has 2 heterocycles. The lowest BCUT2D eigenvalue weighted by Gasteiger charge is -2.40. The maximum atomic E-state index is 13.1. The molecule has 7 nitrogen and oxygen atoms in total. The summed E-state index contributed by atoms with van der Waals surface area (Å²) in [6, 6.07) is 19.9. The number of likely N-dealkylation sites (tertiary alicyclic amines) is 1. The van der Waals surface area contributed by atoms with Gasteiger partial charge in [-0.25, -0.2) is 0 Å². The van der Waals surface area contributed by atoms with E-state index in [1.54, 1.807) is 18.0 Å². The highest BCUT2D eigenvalue weighted by Gasteiger charge is 2.33. The zero-order valence-electron chi connectivity index (χ0n) is 20.5. The monoisotopic (exact) mass is 474 g/mol. The Morgan fingerprint density at radius 1 is 1.06 bits per heavy atom. The zero-order chi connectivity index (χ0) is 24.6. The second-order valence-corrected chi connectivity index (χ2v) is 9.17. The van der Waals surface area contributed by atoms with E-state index in [0.717, 1.165) is 30.6 Å². The molecule has 1 saturated heterocycles. The van der Waals surface area contributed by atoms with Gasteiger partial charge in [0.2, 0.25) is 11.8 Å². The van der Waals surface area contributed by atoms with Gasteiger partial charge in [-0.3, -0.25) is 14.3 Å². The van der Waals surface area contributed by atoms with Crippen LogP contribution >= 0.6 is 0 Å². The third kappa shape index (κ3) is 6.29. The van der Waals surface area contributed by atoms with Gasteiger partial charge in [-0.05, 0) is 42.9 Å². The number of nitrogens with zero attached hydrogens (tertiary/aromatic N) is 4. The lowest BCUT2D eigenvalue weighted by atomic mass is 9.84. The van der Waals surface area contributed by atoms with Crippen LogP contribution in [-0.4, -0.2) is 64.7 Å². The Balaban J connectivity index is 1.41. The molecule has 184 valence electrons. The molecule has 2 aromatic carbocycles. The SMILES string of the molecule is COc1ccccc1CC(=O)N1CCC([C@@H](Cc2ccccc2)N(C)C(=O)Cn2cccn2)CC1. The topological polar surface area (TPSA) is 67.7 Å². The Kier molecular flexibility index (Phi) is 8.19. The van der Waals surface area contributed by atoms with E-state index in [9.17, 15) is 9.59 Å². The first-order chi connectivity index (χ1) is 17.0. The number of para-hydroxylation sites is 1. The van der Waals surface area contributed by atoms with Crippen LogP contribution in [0.2, 0.25) is 0 Å². The summed E-state index contributed by atoms with van der Waals surface area (Å²) in [6.45, 7) is 1.63. The molecule has 0 unspecified atom stereocenters. The molecule has 0 saturated carbocycles. The van der Waals surface area contributed by atoms with Gasteiger partial charge in [0, 0.05) is 44.1 Å². The number of likely N-dealkylation sites (N-methyl/N-ethyl adjacent to an activating group) is 1. The molecule has 1 aliphatic heterocycles.